The van der Waals surface area contributed by atoms with E-state index in [4.69, 9.17) is 0 Å². The van der Waals surface area contributed by atoms with Gasteiger partial charge in [0.15, 0.2) is 11.6 Å². The van der Waals surface area contributed by atoms with Crippen LogP contribution in [0.15, 0.2) is 30.6 Å². The van der Waals surface area contributed by atoms with Crippen LogP contribution in [0.2, 0.25) is 0 Å². The Kier molecular flexibility index (Phi) is 4.24. The first-order valence-corrected chi connectivity index (χ1v) is 6.24. The van der Waals surface area contributed by atoms with Gasteiger partial charge in [0, 0.05) is 18.9 Å². The van der Waals surface area contributed by atoms with Gasteiger partial charge in [0.25, 0.3) is 5.91 Å². The van der Waals surface area contributed by atoms with Gasteiger partial charge in [0.2, 0.25) is 0 Å². The van der Waals surface area contributed by atoms with Gasteiger partial charge in [-0.05, 0) is 32.0 Å². The van der Waals surface area contributed by atoms with Crippen molar-refractivity contribution in [2.75, 3.05) is 17.2 Å². The number of pyridine rings is 2. The van der Waals surface area contributed by atoms with Crippen molar-refractivity contribution in [1.82, 2.24) is 9.97 Å². The van der Waals surface area contributed by atoms with Crippen LogP contribution in [0, 0.1) is 12.7 Å². The molecule has 2 heterocycles. The summed E-state index contributed by atoms with van der Waals surface area (Å²) < 4.78 is 14.1. The second-order valence-corrected chi connectivity index (χ2v) is 4.14. The predicted molar refractivity (Wildman–Crippen MR) is 75.3 cm³/mol. The van der Waals surface area contributed by atoms with Crippen LogP contribution in [-0.4, -0.2) is 22.4 Å². The van der Waals surface area contributed by atoms with Gasteiger partial charge in [-0.2, -0.15) is 0 Å². The number of rotatable bonds is 4. The summed E-state index contributed by atoms with van der Waals surface area (Å²) in [6, 6.07) is 4.76. The predicted octanol–water partition coefficient (Wildman–Crippen LogP) is 2.61. The molecular formula is C14H15FN4O. The number of amides is 1. The topological polar surface area (TPSA) is 66.9 Å². The van der Waals surface area contributed by atoms with E-state index in [1.54, 1.807) is 25.3 Å². The molecule has 0 unspecified atom stereocenters. The van der Waals surface area contributed by atoms with Gasteiger partial charge in [-0.15, -0.1) is 0 Å². The fraction of sp³-hybridized carbons (Fsp3) is 0.214. The Labute approximate surface area is 116 Å². The van der Waals surface area contributed by atoms with Crippen LogP contribution in [0.1, 0.15) is 23.0 Å². The highest BCUT2D eigenvalue weighted by atomic mass is 19.1. The number of nitrogens with zero attached hydrogens (tertiary/aromatic N) is 2. The molecule has 2 rings (SSSR count). The normalized spacial score (nSPS) is 10.2. The van der Waals surface area contributed by atoms with Crippen LogP contribution >= 0.6 is 0 Å². The Hall–Kier alpha value is -2.50. The van der Waals surface area contributed by atoms with Gasteiger partial charge in [-0.1, -0.05) is 0 Å². The average molecular weight is 274 g/mol. The Morgan fingerprint density at radius 2 is 2.10 bits per heavy atom. The monoisotopic (exact) mass is 274 g/mol. The van der Waals surface area contributed by atoms with E-state index in [0.29, 0.717) is 17.9 Å². The number of hydrogen-bond acceptors (Lipinski definition) is 4. The van der Waals surface area contributed by atoms with E-state index in [-0.39, 0.29) is 11.4 Å². The fourth-order valence-electron chi connectivity index (χ4n) is 1.72. The minimum absolute atomic E-state index is 0.0563. The van der Waals surface area contributed by atoms with Crippen molar-refractivity contribution in [3.8, 4) is 0 Å². The summed E-state index contributed by atoms with van der Waals surface area (Å²) in [4.78, 5) is 20.0. The molecule has 0 radical (unpaired) electrons. The third kappa shape index (κ3) is 2.90. The maximum atomic E-state index is 14.1. The number of aryl methyl sites for hydroxylation is 1. The molecule has 2 N–H and O–H groups in total. The number of anilines is 2. The molecule has 0 spiro atoms. The molecule has 5 nitrogen and oxygen atoms in total. The summed E-state index contributed by atoms with van der Waals surface area (Å²) in [5.41, 5.74) is 1.17. The zero-order valence-corrected chi connectivity index (χ0v) is 11.3. The van der Waals surface area contributed by atoms with E-state index in [2.05, 4.69) is 20.6 Å². The fourth-order valence-corrected chi connectivity index (χ4v) is 1.72. The Bertz CT molecular complexity index is 630. The molecule has 104 valence electrons. The van der Waals surface area contributed by atoms with Crippen LogP contribution in [0.4, 0.5) is 15.9 Å². The second-order valence-electron chi connectivity index (χ2n) is 4.14. The van der Waals surface area contributed by atoms with E-state index in [0.717, 1.165) is 0 Å². The highest BCUT2D eigenvalue weighted by Crippen LogP contribution is 2.17. The van der Waals surface area contributed by atoms with Crippen molar-refractivity contribution in [2.24, 2.45) is 0 Å². The molecule has 0 aliphatic heterocycles. The summed E-state index contributed by atoms with van der Waals surface area (Å²) in [6.07, 6.45) is 3.02. The minimum Gasteiger partial charge on any atom is -0.368 e. The molecule has 20 heavy (non-hydrogen) atoms. The van der Waals surface area contributed by atoms with Crippen molar-refractivity contribution >= 4 is 17.4 Å². The molecule has 1 amide bonds. The van der Waals surface area contributed by atoms with Gasteiger partial charge in [0.05, 0.1) is 16.9 Å². The molecular weight excluding hydrogens is 259 g/mol. The Balaban J connectivity index is 2.26. The number of nitrogens with one attached hydrogen (secondary N) is 2. The van der Waals surface area contributed by atoms with Gasteiger partial charge >= 0.3 is 0 Å². The van der Waals surface area contributed by atoms with Crippen molar-refractivity contribution in [3.63, 3.8) is 0 Å². The summed E-state index contributed by atoms with van der Waals surface area (Å²) in [5, 5.41) is 5.41. The zero-order chi connectivity index (χ0) is 14.5. The Morgan fingerprint density at radius 1 is 1.30 bits per heavy atom. The number of hydrogen-bond donors (Lipinski definition) is 2. The number of aromatic nitrogens is 2. The maximum absolute atomic E-state index is 14.1. The molecule has 0 aliphatic rings. The van der Waals surface area contributed by atoms with Crippen LogP contribution < -0.4 is 10.6 Å². The molecule has 0 aromatic carbocycles. The van der Waals surface area contributed by atoms with E-state index in [1.165, 1.54) is 12.3 Å². The largest absolute Gasteiger partial charge is 0.368 e. The van der Waals surface area contributed by atoms with Crippen LogP contribution in [-0.2, 0) is 0 Å². The molecule has 2 aromatic rings. The van der Waals surface area contributed by atoms with Gasteiger partial charge in [0.1, 0.15) is 0 Å². The quantitative estimate of drug-likeness (QED) is 0.899. The first kappa shape index (κ1) is 13.9. The van der Waals surface area contributed by atoms with Gasteiger partial charge in [-0.3, -0.25) is 9.78 Å². The molecule has 2 aromatic heterocycles. The van der Waals surface area contributed by atoms with Crippen molar-refractivity contribution < 1.29 is 9.18 Å². The van der Waals surface area contributed by atoms with E-state index < -0.39 is 11.7 Å². The average Bonchev–Trinajstić information content (AvgIpc) is 2.44. The van der Waals surface area contributed by atoms with Crippen LogP contribution in [0.5, 0.6) is 0 Å². The first-order valence-electron chi connectivity index (χ1n) is 6.24. The molecule has 0 aliphatic carbocycles. The summed E-state index contributed by atoms with van der Waals surface area (Å²) >= 11 is 0. The zero-order valence-electron chi connectivity index (χ0n) is 11.3. The van der Waals surface area contributed by atoms with E-state index in [1.807, 2.05) is 6.92 Å². The number of carbonyl (C=O) groups excluding carboxylic acids is 1. The highest BCUT2D eigenvalue weighted by Gasteiger charge is 2.16. The molecule has 0 bridgehead atoms. The summed E-state index contributed by atoms with van der Waals surface area (Å²) in [6.45, 7) is 4.12. The molecule has 0 saturated carbocycles. The van der Waals surface area contributed by atoms with Crippen molar-refractivity contribution in [2.45, 2.75) is 13.8 Å². The van der Waals surface area contributed by atoms with Gasteiger partial charge in [-0.25, -0.2) is 9.37 Å². The molecule has 0 atom stereocenters. The lowest BCUT2D eigenvalue weighted by molar-refractivity contribution is 0.102. The number of halogens is 1. The van der Waals surface area contributed by atoms with E-state index in [9.17, 15) is 9.18 Å². The SMILES string of the molecule is CCNc1nccc(C(=O)Nc2cccnc2C)c1F. The van der Waals surface area contributed by atoms with Crippen molar-refractivity contribution in [1.29, 1.82) is 0 Å². The Morgan fingerprint density at radius 3 is 2.80 bits per heavy atom. The first-order chi connectivity index (χ1) is 9.63. The molecule has 6 heteroatoms. The summed E-state index contributed by atoms with van der Waals surface area (Å²) in [5.74, 6) is -1.11. The van der Waals surface area contributed by atoms with Gasteiger partial charge < -0.3 is 10.6 Å². The standard InChI is InChI=1S/C14H15FN4O/c1-3-16-13-12(15)10(6-8-18-13)14(20)19-11-5-4-7-17-9(11)2/h4-8H,3H2,1-2H3,(H,16,18)(H,19,20). The lowest BCUT2D eigenvalue weighted by Crippen LogP contribution is -2.16. The lowest BCUT2D eigenvalue weighted by atomic mass is 10.2. The third-order valence-corrected chi connectivity index (χ3v) is 2.73. The number of carbonyl (C=O) groups is 1. The molecule has 0 fully saturated rings. The second kappa shape index (κ2) is 6.10. The smallest absolute Gasteiger partial charge is 0.258 e. The van der Waals surface area contributed by atoms with Crippen LogP contribution in [0.3, 0.4) is 0 Å². The lowest BCUT2D eigenvalue weighted by Gasteiger charge is -2.10. The summed E-state index contributed by atoms with van der Waals surface area (Å²) in [7, 11) is 0. The minimum atomic E-state index is -0.659. The van der Waals surface area contributed by atoms with E-state index >= 15 is 0 Å². The highest BCUT2D eigenvalue weighted by molar-refractivity contribution is 6.05. The third-order valence-electron chi connectivity index (χ3n) is 2.73. The maximum Gasteiger partial charge on any atom is 0.258 e. The van der Waals surface area contributed by atoms with Crippen molar-refractivity contribution in [3.05, 3.63) is 47.7 Å². The molecule has 0 saturated heterocycles. The van der Waals surface area contributed by atoms with Crippen LogP contribution in [0.25, 0.3) is 0 Å².